The first-order chi connectivity index (χ1) is 14.4. The number of morpholine rings is 1. The fourth-order valence-corrected chi connectivity index (χ4v) is 4.92. The highest BCUT2D eigenvalue weighted by molar-refractivity contribution is 14.0. The molecule has 31 heavy (non-hydrogen) atoms. The average molecular weight is 567 g/mol. The minimum absolute atomic E-state index is 0. The van der Waals surface area contributed by atoms with Crippen molar-refractivity contribution in [3.63, 3.8) is 0 Å². The second-order valence-electron chi connectivity index (χ2n) is 8.05. The maximum atomic E-state index is 12.8. The summed E-state index contributed by atoms with van der Waals surface area (Å²) in [5, 5.41) is 6.65. The molecule has 178 valence electrons. The van der Waals surface area contributed by atoms with E-state index in [9.17, 15) is 8.42 Å². The molecule has 1 aliphatic heterocycles. The summed E-state index contributed by atoms with van der Waals surface area (Å²) in [6, 6.07) is 7.66. The Balaban J connectivity index is 0.00000480. The van der Waals surface area contributed by atoms with E-state index in [1.54, 1.807) is 0 Å². The van der Waals surface area contributed by atoms with Gasteiger partial charge in [-0.2, -0.15) is 4.31 Å². The second kappa shape index (κ2) is 15.0. The lowest BCUT2D eigenvalue weighted by atomic mass is 10.1. The van der Waals surface area contributed by atoms with Crippen molar-refractivity contribution in [2.24, 2.45) is 10.9 Å². The van der Waals surface area contributed by atoms with Gasteiger partial charge in [-0.3, -0.25) is 0 Å². The zero-order chi connectivity index (χ0) is 21.8. The van der Waals surface area contributed by atoms with Crippen molar-refractivity contribution < 1.29 is 13.2 Å². The summed E-state index contributed by atoms with van der Waals surface area (Å²) in [6.45, 7) is 10.4. The van der Waals surface area contributed by atoms with Gasteiger partial charge in [0.2, 0.25) is 10.0 Å². The average Bonchev–Trinajstić information content (AvgIpc) is 2.73. The number of hydrogen-bond acceptors (Lipinski definition) is 4. The van der Waals surface area contributed by atoms with Crippen LogP contribution in [0.25, 0.3) is 0 Å². The molecule has 1 heterocycles. The molecule has 0 amide bonds. The molecular weight excluding hydrogens is 527 g/mol. The van der Waals surface area contributed by atoms with Crippen molar-refractivity contribution in [3.05, 3.63) is 35.4 Å². The van der Waals surface area contributed by atoms with Crippen LogP contribution in [0.5, 0.6) is 0 Å². The van der Waals surface area contributed by atoms with E-state index < -0.39 is 10.0 Å². The third-order valence-corrected chi connectivity index (χ3v) is 6.90. The number of sulfonamides is 1. The van der Waals surface area contributed by atoms with Crippen LogP contribution in [0.4, 0.5) is 0 Å². The Labute approximate surface area is 205 Å². The minimum atomic E-state index is -3.36. The van der Waals surface area contributed by atoms with E-state index in [-0.39, 0.29) is 29.7 Å². The third kappa shape index (κ3) is 10.5. The zero-order valence-electron chi connectivity index (χ0n) is 19.1. The lowest BCUT2D eigenvalue weighted by molar-refractivity contribution is 0.0729. The smallest absolute Gasteiger partial charge is 0.218 e. The molecule has 0 saturated carbocycles. The molecule has 0 aliphatic carbocycles. The van der Waals surface area contributed by atoms with Crippen LogP contribution in [-0.4, -0.2) is 58.1 Å². The monoisotopic (exact) mass is 566 g/mol. The van der Waals surface area contributed by atoms with Crippen molar-refractivity contribution in [1.82, 2.24) is 14.9 Å². The Bertz CT molecular complexity index is 766. The normalized spacial score (nSPS) is 15.5. The molecule has 9 heteroatoms. The molecule has 1 aromatic carbocycles. The van der Waals surface area contributed by atoms with Crippen molar-refractivity contribution in [2.75, 3.05) is 39.4 Å². The predicted octanol–water partition coefficient (Wildman–Crippen LogP) is 3.35. The quantitative estimate of drug-likeness (QED) is 0.186. The summed E-state index contributed by atoms with van der Waals surface area (Å²) in [7, 11) is -3.36. The Hall–Kier alpha value is -0.910. The number of hydrogen-bond donors (Lipinski definition) is 2. The molecule has 0 atom stereocenters. The summed E-state index contributed by atoms with van der Waals surface area (Å²) in [5.74, 6) is 1.50. The van der Waals surface area contributed by atoms with Crippen LogP contribution in [0.2, 0.25) is 0 Å². The van der Waals surface area contributed by atoms with Gasteiger partial charge < -0.3 is 15.4 Å². The summed E-state index contributed by atoms with van der Waals surface area (Å²) in [6.07, 6.45) is 3.55. The number of ether oxygens (including phenoxy) is 1. The van der Waals surface area contributed by atoms with E-state index in [0.29, 0.717) is 32.8 Å². The highest BCUT2D eigenvalue weighted by Gasteiger charge is 2.25. The van der Waals surface area contributed by atoms with Crippen LogP contribution in [0.1, 0.15) is 51.2 Å². The summed E-state index contributed by atoms with van der Waals surface area (Å²) < 4.78 is 32.4. The fraction of sp³-hybridized carbons (Fsp3) is 0.682. The van der Waals surface area contributed by atoms with E-state index in [4.69, 9.17) is 4.74 Å². The molecule has 7 nitrogen and oxygen atoms in total. The van der Waals surface area contributed by atoms with E-state index >= 15 is 0 Å². The van der Waals surface area contributed by atoms with E-state index in [1.165, 1.54) is 17.1 Å². The molecule has 1 fully saturated rings. The summed E-state index contributed by atoms with van der Waals surface area (Å²) in [5.41, 5.74) is 1.74. The molecule has 0 radical (unpaired) electrons. The van der Waals surface area contributed by atoms with Gasteiger partial charge >= 0.3 is 0 Å². The second-order valence-corrected chi connectivity index (χ2v) is 10.0. The highest BCUT2D eigenvalue weighted by atomic mass is 127. The Kier molecular flexibility index (Phi) is 13.6. The third-order valence-electron chi connectivity index (χ3n) is 5.07. The Morgan fingerprint density at radius 2 is 1.81 bits per heavy atom. The van der Waals surface area contributed by atoms with Crippen molar-refractivity contribution in [3.8, 4) is 0 Å². The molecule has 0 unspecified atom stereocenters. The van der Waals surface area contributed by atoms with Crippen molar-refractivity contribution in [1.29, 1.82) is 0 Å². The number of nitrogens with zero attached hydrogens (tertiary/aromatic N) is 2. The topological polar surface area (TPSA) is 83.0 Å². The summed E-state index contributed by atoms with van der Waals surface area (Å²) >= 11 is 0. The fourth-order valence-electron chi connectivity index (χ4n) is 3.36. The first kappa shape index (κ1) is 28.1. The lowest BCUT2D eigenvalue weighted by Gasteiger charge is -2.26. The Morgan fingerprint density at radius 3 is 2.45 bits per heavy atom. The maximum absolute atomic E-state index is 12.8. The molecule has 0 spiro atoms. The van der Waals surface area contributed by atoms with Crippen LogP contribution in [0.3, 0.4) is 0 Å². The number of guanidine groups is 1. The first-order valence-electron chi connectivity index (χ1n) is 11.1. The molecule has 1 aromatic rings. The number of rotatable bonds is 11. The maximum Gasteiger partial charge on any atom is 0.218 e. The molecular formula is C22H39IN4O3S. The Morgan fingerprint density at radius 1 is 1.13 bits per heavy atom. The molecule has 2 N–H and O–H groups in total. The van der Waals surface area contributed by atoms with Gasteiger partial charge in [-0.05, 0) is 30.4 Å². The van der Waals surface area contributed by atoms with Gasteiger partial charge in [0.15, 0.2) is 5.96 Å². The molecule has 1 aliphatic rings. The van der Waals surface area contributed by atoms with Crippen LogP contribution < -0.4 is 10.6 Å². The molecule has 0 bridgehead atoms. The minimum Gasteiger partial charge on any atom is -0.379 e. The van der Waals surface area contributed by atoms with Crippen LogP contribution in [0, 0.1) is 5.92 Å². The first-order valence-corrected chi connectivity index (χ1v) is 12.7. The van der Waals surface area contributed by atoms with Gasteiger partial charge in [0.25, 0.3) is 0 Å². The molecule has 1 saturated heterocycles. The van der Waals surface area contributed by atoms with Crippen molar-refractivity contribution in [2.45, 2.75) is 52.3 Å². The van der Waals surface area contributed by atoms with Gasteiger partial charge in [0.05, 0.1) is 25.5 Å². The summed E-state index contributed by atoms with van der Waals surface area (Å²) in [4.78, 5) is 4.69. The molecule has 2 rings (SSSR count). The number of nitrogens with one attached hydrogen (secondary N) is 2. The lowest BCUT2D eigenvalue weighted by Crippen LogP contribution is -2.41. The van der Waals surface area contributed by atoms with Gasteiger partial charge in [-0.1, -0.05) is 51.0 Å². The number of aliphatic imine (C=N–C) groups is 1. The van der Waals surface area contributed by atoms with Gasteiger partial charge in [-0.25, -0.2) is 13.4 Å². The largest absolute Gasteiger partial charge is 0.379 e. The highest BCUT2D eigenvalue weighted by Crippen LogP contribution is 2.17. The van der Waals surface area contributed by atoms with E-state index in [0.717, 1.165) is 42.5 Å². The van der Waals surface area contributed by atoms with Crippen molar-refractivity contribution >= 4 is 40.0 Å². The molecule has 0 aromatic heterocycles. The van der Waals surface area contributed by atoms with Crippen LogP contribution >= 0.6 is 24.0 Å². The SMILES string of the molecule is CCNC(=NCc1ccccc1CS(=O)(=O)N1CCOCC1)NCCCCC(C)C.I. The number of halogens is 1. The predicted molar refractivity (Wildman–Crippen MR) is 138 cm³/mol. The van der Waals surface area contributed by atoms with Gasteiger partial charge in [-0.15, -0.1) is 24.0 Å². The van der Waals surface area contributed by atoms with Crippen LogP contribution in [0.15, 0.2) is 29.3 Å². The van der Waals surface area contributed by atoms with Gasteiger partial charge in [0.1, 0.15) is 0 Å². The number of unbranched alkanes of at least 4 members (excludes halogenated alkanes) is 1. The van der Waals surface area contributed by atoms with E-state index in [2.05, 4.69) is 29.5 Å². The van der Waals surface area contributed by atoms with Gasteiger partial charge in [0, 0.05) is 26.2 Å². The van der Waals surface area contributed by atoms with Crippen LogP contribution in [-0.2, 0) is 27.1 Å². The zero-order valence-corrected chi connectivity index (χ0v) is 22.2. The van der Waals surface area contributed by atoms with E-state index in [1.807, 2.05) is 31.2 Å². The number of benzene rings is 1. The standard InChI is InChI=1S/C22H38N4O3S.HI/c1-4-23-22(24-12-8-7-9-19(2)3)25-17-20-10-5-6-11-21(20)18-30(27,28)26-13-15-29-16-14-26;/h5-6,10-11,19H,4,7-9,12-18H2,1-3H3,(H2,23,24,25);1H.